The van der Waals surface area contributed by atoms with E-state index in [0.717, 1.165) is 31.5 Å². The van der Waals surface area contributed by atoms with Crippen LogP contribution in [0.25, 0.3) is 0 Å². The van der Waals surface area contributed by atoms with Gasteiger partial charge in [-0.2, -0.15) is 0 Å². The van der Waals surface area contributed by atoms with Gasteiger partial charge >= 0.3 is 0 Å². The van der Waals surface area contributed by atoms with Gasteiger partial charge in [-0.1, -0.05) is 13.0 Å². The number of hydrogen-bond acceptors (Lipinski definition) is 4. The summed E-state index contributed by atoms with van der Waals surface area (Å²) in [6.07, 6.45) is 3.84. The van der Waals surface area contributed by atoms with E-state index in [1.165, 1.54) is 0 Å². The highest BCUT2D eigenvalue weighted by atomic mass is 16.2. The Balaban J connectivity index is 1.75. The van der Waals surface area contributed by atoms with E-state index >= 15 is 0 Å². The lowest BCUT2D eigenvalue weighted by molar-refractivity contribution is -0.133. The second kappa shape index (κ2) is 8.06. The lowest BCUT2D eigenvalue weighted by Gasteiger charge is -2.31. The number of piperidine rings is 1. The zero-order valence-corrected chi connectivity index (χ0v) is 14.2. The molecular formula is C17H26N4O2. The molecule has 0 saturated carbocycles. The molecular weight excluding hydrogens is 292 g/mol. The van der Waals surface area contributed by atoms with Crippen molar-refractivity contribution in [2.24, 2.45) is 5.92 Å². The molecule has 2 amide bonds. The van der Waals surface area contributed by atoms with Crippen molar-refractivity contribution in [3.63, 3.8) is 0 Å². The molecule has 0 atom stereocenters. The second-order valence-electron chi connectivity index (χ2n) is 6.50. The molecule has 23 heavy (non-hydrogen) atoms. The van der Waals surface area contributed by atoms with E-state index in [-0.39, 0.29) is 24.9 Å². The summed E-state index contributed by atoms with van der Waals surface area (Å²) in [5.41, 5.74) is 1.04. The minimum atomic E-state index is -0.163. The Morgan fingerprint density at radius 1 is 1.30 bits per heavy atom. The largest absolute Gasteiger partial charge is 0.342 e. The van der Waals surface area contributed by atoms with Crippen molar-refractivity contribution < 1.29 is 9.59 Å². The number of likely N-dealkylation sites (tertiary alicyclic amines) is 1. The van der Waals surface area contributed by atoms with Crippen LogP contribution in [0.2, 0.25) is 0 Å². The topological polar surface area (TPSA) is 65.5 Å². The third kappa shape index (κ3) is 5.63. The highest BCUT2D eigenvalue weighted by Crippen LogP contribution is 2.16. The monoisotopic (exact) mass is 318 g/mol. The zero-order chi connectivity index (χ0) is 16.8. The summed E-state index contributed by atoms with van der Waals surface area (Å²) < 4.78 is 0. The molecule has 0 unspecified atom stereocenters. The van der Waals surface area contributed by atoms with Crippen LogP contribution in [0, 0.1) is 12.8 Å². The van der Waals surface area contributed by atoms with Crippen molar-refractivity contribution in [3.8, 4) is 0 Å². The number of carbonyl (C=O) groups excluding carboxylic acids is 2. The number of amides is 2. The fourth-order valence-corrected chi connectivity index (χ4v) is 2.61. The molecule has 6 nitrogen and oxygen atoms in total. The van der Waals surface area contributed by atoms with Crippen molar-refractivity contribution >= 4 is 17.6 Å². The van der Waals surface area contributed by atoms with Crippen molar-refractivity contribution in [1.29, 1.82) is 0 Å². The van der Waals surface area contributed by atoms with Gasteiger partial charge in [0.25, 0.3) is 0 Å². The Morgan fingerprint density at radius 3 is 2.61 bits per heavy atom. The summed E-state index contributed by atoms with van der Waals surface area (Å²) in [5.74, 6) is 1.17. The summed E-state index contributed by atoms with van der Waals surface area (Å²) in [6, 6.07) is 3.67. The quantitative estimate of drug-likeness (QED) is 0.894. The number of pyridine rings is 1. The van der Waals surface area contributed by atoms with Gasteiger partial charge in [-0.3, -0.25) is 14.5 Å². The summed E-state index contributed by atoms with van der Waals surface area (Å²) in [6.45, 7) is 6.26. The predicted molar refractivity (Wildman–Crippen MR) is 90.1 cm³/mol. The van der Waals surface area contributed by atoms with E-state index in [1.54, 1.807) is 24.2 Å². The van der Waals surface area contributed by atoms with Crippen LogP contribution in [0.4, 0.5) is 5.82 Å². The molecule has 0 aliphatic carbocycles. The maximum Gasteiger partial charge on any atom is 0.239 e. The number of aromatic nitrogens is 1. The van der Waals surface area contributed by atoms with Gasteiger partial charge in [0, 0.05) is 19.3 Å². The maximum atomic E-state index is 12.2. The first kappa shape index (κ1) is 17.4. The Morgan fingerprint density at radius 2 is 2.00 bits per heavy atom. The molecule has 1 aromatic heterocycles. The van der Waals surface area contributed by atoms with Crippen molar-refractivity contribution in [3.05, 3.63) is 23.9 Å². The van der Waals surface area contributed by atoms with Crippen LogP contribution in [0.5, 0.6) is 0 Å². The maximum absolute atomic E-state index is 12.2. The van der Waals surface area contributed by atoms with E-state index in [0.29, 0.717) is 11.7 Å². The molecule has 2 rings (SSSR count). The first-order valence-electron chi connectivity index (χ1n) is 8.13. The number of anilines is 1. The van der Waals surface area contributed by atoms with Crippen LogP contribution in [-0.2, 0) is 9.59 Å². The lowest BCUT2D eigenvalue weighted by Crippen LogP contribution is -2.44. The van der Waals surface area contributed by atoms with Gasteiger partial charge in [0.15, 0.2) is 0 Å². The van der Waals surface area contributed by atoms with Crippen LogP contribution in [0.15, 0.2) is 18.3 Å². The molecule has 0 radical (unpaired) electrons. The molecule has 126 valence electrons. The van der Waals surface area contributed by atoms with Gasteiger partial charge in [-0.05, 0) is 44.4 Å². The molecule has 0 spiro atoms. The number of carbonyl (C=O) groups is 2. The van der Waals surface area contributed by atoms with Gasteiger partial charge in [0.1, 0.15) is 5.82 Å². The zero-order valence-electron chi connectivity index (χ0n) is 14.2. The Bertz CT molecular complexity index is 536. The third-order valence-electron chi connectivity index (χ3n) is 4.13. The molecule has 1 aromatic rings. The number of rotatable bonds is 5. The molecule has 6 heteroatoms. The number of hydrogen-bond donors (Lipinski definition) is 1. The molecule has 1 aliphatic rings. The Kier molecular flexibility index (Phi) is 6.10. The molecule has 0 bridgehead atoms. The van der Waals surface area contributed by atoms with Crippen LogP contribution in [0.3, 0.4) is 0 Å². The summed E-state index contributed by atoms with van der Waals surface area (Å²) in [5, 5.41) is 2.74. The third-order valence-corrected chi connectivity index (χ3v) is 4.13. The van der Waals surface area contributed by atoms with Gasteiger partial charge in [0.05, 0.1) is 13.1 Å². The van der Waals surface area contributed by atoms with E-state index in [2.05, 4.69) is 17.2 Å². The average molecular weight is 318 g/mol. The average Bonchev–Trinajstić information content (AvgIpc) is 2.50. The van der Waals surface area contributed by atoms with Crippen LogP contribution >= 0.6 is 0 Å². The molecule has 1 N–H and O–H groups in total. The van der Waals surface area contributed by atoms with Crippen LogP contribution in [-0.4, -0.2) is 59.8 Å². The second-order valence-corrected chi connectivity index (χ2v) is 6.50. The minimum Gasteiger partial charge on any atom is -0.342 e. The Hall–Kier alpha value is -1.95. The Labute approximate surface area is 137 Å². The number of nitrogens with zero attached hydrogens (tertiary/aromatic N) is 3. The van der Waals surface area contributed by atoms with E-state index in [9.17, 15) is 9.59 Å². The lowest BCUT2D eigenvalue weighted by atomic mass is 9.99. The van der Waals surface area contributed by atoms with Gasteiger partial charge in [-0.15, -0.1) is 0 Å². The number of likely N-dealkylation sites (N-methyl/N-ethyl adjacent to an activating group) is 1. The molecule has 1 fully saturated rings. The normalized spacial score (nSPS) is 15.7. The summed E-state index contributed by atoms with van der Waals surface area (Å²) >= 11 is 0. The van der Waals surface area contributed by atoms with Gasteiger partial charge < -0.3 is 10.2 Å². The SMILES string of the molecule is Cc1ccc(NC(=O)CN(C)CC(=O)N2CCC(C)CC2)nc1. The van der Waals surface area contributed by atoms with Crippen molar-refractivity contribution in [2.45, 2.75) is 26.7 Å². The van der Waals surface area contributed by atoms with Crippen LogP contribution in [0.1, 0.15) is 25.3 Å². The number of nitrogens with one attached hydrogen (secondary N) is 1. The first-order chi connectivity index (χ1) is 10.9. The van der Waals surface area contributed by atoms with E-state index < -0.39 is 0 Å². The van der Waals surface area contributed by atoms with Crippen molar-refractivity contribution in [1.82, 2.24) is 14.8 Å². The smallest absolute Gasteiger partial charge is 0.239 e. The van der Waals surface area contributed by atoms with Crippen LogP contribution < -0.4 is 5.32 Å². The predicted octanol–water partition coefficient (Wildman–Crippen LogP) is 1.52. The van der Waals surface area contributed by atoms with Crippen molar-refractivity contribution in [2.75, 3.05) is 38.5 Å². The number of aryl methyl sites for hydroxylation is 1. The van der Waals surface area contributed by atoms with Gasteiger partial charge in [0.2, 0.25) is 11.8 Å². The molecule has 0 aromatic carbocycles. The highest BCUT2D eigenvalue weighted by molar-refractivity contribution is 5.91. The highest BCUT2D eigenvalue weighted by Gasteiger charge is 2.21. The standard InChI is InChI=1S/C17H26N4O2/c1-13-6-8-21(9-7-13)17(23)12-20(3)11-16(22)19-15-5-4-14(2)10-18-15/h4-5,10,13H,6-9,11-12H2,1-3H3,(H,18,19,22). The fraction of sp³-hybridized carbons (Fsp3) is 0.588. The first-order valence-corrected chi connectivity index (χ1v) is 8.13. The van der Waals surface area contributed by atoms with E-state index in [1.807, 2.05) is 17.9 Å². The molecule has 1 aliphatic heterocycles. The van der Waals surface area contributed by atoms with Gasteiger partial charge in [-0.25, -0.2) is 4.98 Å². The minimum absolute atomic E-state index is 0.0978. The van der Waals surface area contributed by atoms with E-state index in [4.69, 9.17) is 0 Å². The summed E-state index contributed by atoms with van der Waals surface area (Å²) in [4.78, 5) is 32.0. The molecule has 2 heterocycles. The molecule has 1 saturated heterocycles. The summed E-state index contributed by atoms with van der Waals surface area (Å²) in [7, 11) is 1.78. The fourth-order valence-electron chi connectivity index (χ4n) is 2.61.